The van der Waals surface area contributed by atoms with Gasteiger partial charge in [-0.1, -0.05) is 19.3 Å². The second-order valence-electron chi connectivity index (χ2n) is 6.21. The molecule has 0 atom stereocenters. The fourth-order valence-corrected chi connectivity index (χ4v) is 3.92. The molecular formula is C16H27N3OS. The van der Waals surface area contributed by atoms with E-state index < -0.39 is 0 Å². The molecule has 1 aromatic heterocycles. The number of anilines is 1. The zero-order valence-electron chi connectivity index (χ0n) is 13.1. The topological polar surface area (TPSA) is 37.4 Å². The fraction of sp³-hybridized carbons (Fsp3) is 0.812. The number of nitrogens with one attached hydrogen (secondary N) is 1. The number of thiazole rings is 1. The summed E-state index contributed by atoms with van der Waals surface area (Å²) in [6.07, 6.45) is 9.39. The molecule has 0 bridgehead atoms. The third kappa shape index (κ3) is 4.41. The molecule has 1 saturated carbocycles. The van der Waals surface area contributed by atoms with Crippen molar-refractivity contribution in [2.45, 2.75) is 64.1 Å². The summed E-state index contributed by atoms with van der Waals surface area (Å²) in [4.78, 5) is 8.73. The summed E-state index contributed by atoms with van der Waals surface area (Å²) in [6, 6.07) is 0.743. The highest BCUT2D eigenvalue weighted by Gasteiger charge is 2.22. The van der Waals surface area contributed by atoms with Crippen LogP contribution in [0.3, 0.4) is 0 Å². The third-order valence-corrected chi connectivity index (χ3v) is 5.46. The lowest BCUT2D eigenvalue weighted by molar-refractivity contribution is 0.181. The van der Waals surface area contributed by atoms with Crippen LogP contribution in [0.15, 0.2) is 0 Å². The quantitative estimate of drug-likeness (QED) is 0.875. The molecule has 2 aliphatic rings. The average Bonchev–Trinajstić information content (AvgIpc) is 3.19. The first kappa shape index (κ1) is 15.3. The van der Waals surface area contributed by atoms with E-state index in [-0.39, 0.29) is 0 Å². The van der Waals surface area contributed by atoms with Crippen molar-refractivity contribution in [3.63, 3.8) is 0 Å². The van der Waals surface area contributed by atoms with Gasteiger partial charge < -0.3 is 15.0 Å². The van der Waals surface area contributed by atoms with Crippen molar-refractivity contribution in [2.75, 3.05) is 25.1 Å². The molecule has 0 radical (unpaired) electrons. The van der Waals surface area contributed by atoms with Crippen molar-refractivity contribution >= 4 is 16.5 Å². The number of nitrogens with zero attached hydrogens (tertiary/aromatic N) is 2. The molecule has 1 saturated heterocycles. The average molecular weight is 309 g/mol. The summed E-state index contributed by atoms with van der Waals surface area (Å²) in [6.45, 7) is 3.91. The fourth-order valence-electron chi connectivity index (χ4n) is 2.86. The molecule has 0 amide bonds. The van der Waals surface area contributed by atoms with Gasteiger partial charge in [0.25, 0.3) is 0 Å². The number of rotatable bonds is 6. The molecule has 1 aromatic rings. The van der Waals surface area contributed by atoms with Crippen LogP contribution in [-0.4, -0.2) is 31.2 Å². The van der Waals surface area contributed by atoms with E-state index in [2.05, 4.69) is 10.2 Å². The van der Waals surface area contributed by atoms with Gasteiger partial charge in [0.15, 0.2) is 5.13 Å². The van der Waals surface area contributed by atoms with E-state index in [1.807, 2.05) is 11.3 Å². The number of aromatic nitrogens is 1. The first-order chi connectivity index (χ1) is 10.4. The van der Waals surface area contributed by atoms with Gasteiger partial charge >= 0.3 is 0 Å². The van der Waals surface area contributed by atoms with Gasteiger partial charge in [0.05, 0.1) is 12.3 Å². The standard InChI is InChI=1S/C16H27N3OS/c1-20-12-14-15(11-17-13-7-8-13)21-16(18-14)19-9-5-3-2-4-6-10-19/h13,17H,2-12H2,1H3. The Balaban J connectivity index is 1.68. The van der Waals surface area contributed by atoms with Crippen molar-refractivity contribution in [2.24, 2.45) is 0 Å². The summed E-state index contributed by atoms with van der Waals surface area (Å²) in [5.74, 6) is 0. The van der Waals surface area contributed by atoms with Gasteiger partial charge in [-0.05, 0) is 25.7 Å². The molecule has 2 heterocycles. The van der Waals surface area contributed by atoms with Crippen molar-refractivity contribution in [3.8, 4) is 0 Å². The molecule has 5 heteroatoms. The Bertz CT molecular complexity index is 437. The zero-order chi connectivity index (χ0) is 14.5. The highest BCUT2D eigenvalue weighted by molar-refractivity contribution is 7.15. The molecule has 118 valence electrons. The Hall–Kier alpha value is -0.650. The van der Waals surface area contributed by atoms with Crippen LogP contribution >= 0.6 is 11.3 Å². The minimum Gasteiger partial charge on any atom is -0.378 e. The number of hydrogen-bond donors (Lipinski definition) is 1. The van der Waals surface area contributed by atoms with Crippen LogP contribution < -0.4 is 10.2 Å². The van der Waals surface area contributed by atoms with Crippen molar-refractivity contribution in [1.82, 2.24) is 10.3 Å². The molecular weight excluding hydrogens is 282 g/mol. The van der Waals surface area contributed by atoms with Crippen molar-refractivity contribution in [1.29, 1.82) is 0 Å². The number of methoxy groups -OCH3 is 1. The highest BCUT2D eigenvalue weighted by Crippen LogP contribution is 2.29. The Morgan fingerprint density at radius 1 is 1.19 bits per heavy atom. The second kappa shape index (κ2) is 7.56. The molecule has 0 aromatic carbocycles. The Morgan fingerprint density at radius 2 is 1.90 bits per heavy atom. The molecule has 0 spiro atoms. The summed E-state index contributed by atoms with van der Waals surface area (Å²) in [7, 11) is 1.76. The highest BCUT2D eigenvalue weighted by atomic mass is 32.1. The molecule has 1 aliphatic heterocycles. The SMILES string of the molecule is COCc1nc(N2CCCCCCC2)sc1CNC1CC1. The Labute approximate surface area is 131 Å². The van der Waals surface area contributed by atoms with E-state index in [1.54, 1.807) is 7.11 Å². The first-order valence-corrected chi connectivity index (χ1v) is 9.14. The van der Waals surface area contributed by atoms with E-state index in [0.29, 0.717) is 6.61 Å². The van der Waals surface area contributed by atoms with Gasteiger partial charge in [-0.15, -0.1) is 11.3 Å². The van der Waals surface area contributed by atoms with Crippen LogP contribution in [0, 0.1) is 0 Å². The van der Waals surface area contributed by atoms with Gasteiger partial charge in [-0.3, -0.25) is 0 Å². The monoisotopic (exact) mass is 309 g/mol. The van der Waals surface area contributed by atoms with Gasteiger partial charge in [0.2, 0.25) is 0 Å². The van der Waals surface area contributed by atoms with Crippen LogP contribution in [0.4, 0.5) is 5.13 Å². The van der Waals surface area contributed by atoms with E-state index in [1.165, 1.54) is 55.0 Å². The smallest absolute Gasteiger partial charge is 0.185 e. The Kier molecular flexibility index (Phi) is 5.49. The molecule has 1 N–H and O–H groups in total. The van der Waals surface area contributed by atoms with E-state index in [4.69, 9.17) is 9.72 Å². The minimum absolute atomic E-state index is 0.631. The predicted molar refractivity (Wildman–Crippen MR) is 88.0 cm³/mol. The largest absolute Gasteiger partial charge is 0.378 e. The molecule has 1 aliphatic carbocycles. The zero-order valence-corrected chi connectivity index (χ0v) is 13.9. The first-order valence-electron chi connectivity index (χ1n) is 8.32. The minimum atomic E-state index is 0.631. The molecule has 0 unspecified atom stereocenters. The van der Waals surface area contributed by atoms with Crippen LogP contribution in [0.2, 0.25) is 0 Å². The molecule has 4 nitrogen and oxygen atoms in total. The van der Waals surface area contributed by atoms with Crippen molar-refractivity contribution in [3.05, 3.63) is 10.6 Å². The van der Waals surface area contributed by atoms with Crippen LogP contribution in [-0.2, 0) is 17.9 Å². The lowest BCUT2D eigenvalue weighted by atomic mass is 10.1. The Morgan fingerprint density at radius 3 is 2.57 bits per heavy atom. The van der Waals surface area contributed by atoms with E-state index >= 15 is 0 Å². The normalized spacial score (nSPS) is 20.3. The summed E-state index contributed by atoms with van der Waals surface area (Å²) in [5, 5.41) is 4.81. The van der Waals surface area contributed by atoms with Crippen LogP contribution in [0.25, 0.3) is 0 Å². The number of ether oxygens (including phenoxy) is 1. The summed E-state index contributed by atoms with van der Waals surface area (Å²) in [5.41, 5.74) is 1.13. The molecule has 21 heavy (non-hydrogen) atoms. The van der Waals surface area contributed by atoms with Gasteiger partial charge in [-0.25, -0.2) is 4.98 Å². The maximum Gasteiger partial charge on any atom is 0.185 e. The van der Waals surface area contributed by atoms with Gasteiger partial charge in [0.1, 0.15) is 0 Å². The summed E-state index contributed by atoms with van der Waals surface area (Å²) < 4.78 is 5.33. The second-order valence-corrected chi connectivity index (χ2v) is 7.27. The van der Waals surface area contributed by atoms with Gasteiger partial charge in [-0.2, -0.15) is 0 Å². The number of hydrogen-bond acceptors (Lipinski definition) is 5. The van der Waals surface area contributed by atoms with Gasteiger partial charge in [0, 0.05) is 37.7 Å². The lowest BCUT2D eigenvalue weighted by Crippen LogP contribution is -2.26. The van der Waals surface area contributed by atoms with E-state index in [9.17, 15) is 0 Å². The maximum atomic E-state index is 5.33. The maximum absolute atomic E-state index is 5.33. The molecule has 3 rings (SSSR count). The molecule has 2 fully saturated rings. The van der Waals surface area contributed by atoms with Crippen molar-refractivity contribution < 1.29 is 4.74 Å². The summed E-state index contributed by atoms with van der Waals surface area (Å²) >= 11 is 1.86. The van der Waals surface area contributed by atoms with E-state index in [0.717, 1.165) is 31.4 Å². The predicted octanol–water partition coefficient (Wildman–Crippen LogP) is 3.31. The van der Waals surface area contributed by atoms with Crippen LogP contribution in [0.5, 0.6) is 0 Å². The third-order valence-electron chi connectivity index (χ3n) is 4.30. The lowest BCUT2D eigenvalue weighted by Gasteiger charge is -2.23. The van der Waals surface area contributed by atoms with Crippen LogP contribution in [0.1, 0.15) is 55.5 Å².